The smallest absolute Gasteiger partial charge is 0.254 e. The maximum absolute atomic E-state index is 12.8. The average molecular weight is 426 g/mol. The molecular weight excluding hydrogens is 398 g/mol. The van der Waals surface area contributed by atoms with Gasteiger partial charge in [0.05, 0.1) is 23.1 Å². The van der Waals surface area contributed by atoms with E-state index in [0.717, 1.165) is 36.2 Å². The summed E-state index contributed by atoms with van der Waals surface area (Å²) in [7, 11) is 0. The third-order valence-corrected chi connectivity index (χ3v) is 6.09. The average Bonchev–Trinajstić information content (AvgIpc) is 3.39. The lowest BCUT2D eigenvalue weighted by molar-refractivity contribution is 0.0943. The molecular formula is C22H27N5O2S. The zero-order valence-electron chi connectivity index (χ0n) is 17.6. The summed E-state index contributed by atoms with van der Waals surface area (Å²) >= 11 is 1.76. The number of nitrogens with zero attached hydrogens (tertiary/aromatic N) is 4. The van der Waals surface area contributed by atoms with Crippen LogP contribution in [0.25, 0.3) is 17.2 Å². The molecule has 0 atom stereocenters. The first-order valence-corrected chi connectivity index (χ1v) is 11.2. The predicted octanol–water partition coefficient (Wildman–Crippen LogP) is 4.04. The van der Waals surface area contributed by atoms with Gasteiger partial charge in [0.15, 0.2) is 0 Å². The lowest BCUT2D eigenvalue weighted by Gasteiger charge is -2.09. The lowest BCUT2D eigenvalue weighted by Crippen LogP contribution is -2.26. The summed E-state index contributed by atoms with van der Waals surface area (Å²) in [6, 6.07) is 4.07. The Labute approximate surface area is 180 Å². The minimum Gasteiger partial charge on any atom is -0.382 e. The second-order valence-corrected chi connectivity index (χ2v) is 8.97. The van der Waals surface area contributed by atoms with Crippen LogP contribution in [0, 0.1) is 13.8 Å². The molecule has 1 amide bonds. The monoisotopic (exact) mass is 425 g/mol. The van der Waals surface area contributed by atoms with Crippen LogP contribution in [0.2, 0.25) is 0 Å². The van der Waals surface area contributed by atoms with E-state index in [-0.39, 0.29) is 5.91 Å². The maximum atomic E-state index is 12.8. The van der Waals surface area contributed by atoms with Gasteiger partial charge in [0.2, 0.25) is 0 Å². The molecule has 0 aliphatic heterocycles. The summed E-state index contributed by atoms with van der Waals surface area (Å²) in [4.78, 5) is 24.5. The van der Waals surface area contributed by atoms with Crippen molar-refractivity contribution >= 4 is 17.2 Å². The fourth-order valence-electron chi connectivity index (χ4n) is 3.54. The van der Waals surface area contributed by atoms with E-state index in [0.29, 0.717) is 37.2 Å². The quantitative estimate of drug-likeness (QED) is 0.523. The van der Waals surface area contributed by atoms with Gasteiger partial charge in [0.25, 0.3) is 11.9 Å². The van der Waals surface area contributed by atoms with Crippen molar-refractivity contribution in [3.8, 4) is 17.2 Å². The molecule has 158 valence electrons. The molecule has 1 N–H and O–H groups in total. The fourth-order valence-corrected chi connectivity index (χ4v) is 4.48. The van der Waals surface area contributed by atoms with Crippen molar-refractivity contribution in [2.75, 3.05) is 19.8 Å². The highest BCUT2D eigenvalue weighted by Gasteiger charge is 2.33. The number of hydrogen-bond acceptors (Lipinski definition) is 6. The molecule has 1 fully saturated rings. The SMILES string of the molecule is CCOCCCNC(=O)c1cnn(-c2nccc(-c3cc(C)sc3C)n2)c1C1CC1. The van der Waals surface area contributed by atoms with Crippen molar-refractivity contribution in [2.24, 2.45) is 0 Å². The van der Waals surface area contributed by atoms with Gasteiger partial charge >= 0.3 is 0 Å². The third kappa shape index (κ3) is 4.44. The molecule has 3 aromatic rings. The van der Waals surface area contributed by atoms with Crippen LogP contribution in [-0.2, 0) is 4.74 Å². The van der Waals surface area contributed by atoms with E-state index in [9.17, 15) is 4.79 Å². The minimum atomic E-state index is -0.0971. The van der Waals surface area contributed by atoms with Gasteiger partial charge in [0, 0.05) is 47.2 Å². The molecule has 8 heteroatoms. The molecule has 0 bridgehead atoms. The largest absolute Gasteiger partial charge is 0.382 e. The van der Waals surface area contributed by atoms with E-state index >= 15 is 0 Å². The lowest BCUT2D eigenvalue weighted by atomic mass is 10.1. The summed E-state index contributed by atoms with van der Waals surface area (Å²) in [5.41, 5.74) is 3.52. The molecule has 0 aromatic carbocycles. The first kappa shape index (κ1) is 20.7. The summed E-state index contributed by atoms with van der Waals surface area (Å²) in [6.07, 6.45) is 6.30. The zero-order valence-corrected chi connectivity index (χ0v) is 18.5. The van der Waals surface area contributed by atoms with Crippen LogP contribution in [0.3, 0.4) is 0 Å². The van der Waals surface area contributed by atoms with Gasteiger partial charge < -0.3 is 10.1 Å². The predicted molar refractivity (Wildman–Crippen MR) is 117 cm³/mol. The van der Waals surface area contributed by atoms with E-state index in [1.54, 1.807) is 28.4 Å². The van der Waals surface area contributed by atoms with Crippen LogP contribution < -0.4 is 5.32 Å². The van der Waals surface area contributed by atoms with Gasteiger partial charge in [-0.2, -0.15) is 5.10 Å². The van der Waals surface area contributed by atoms with Crippen LogP contribution >= 0.6 is 11.3 Å². The Balaban J connectivity index is 1.59. The number of carbonyl (C=O) groups is 1. The highest BCUT2D eigenvalue weighted by molar-refractivity contribution is 7.12. The second-order valence-electron chi connectivity index (χ2n) is 7.50. The van der Waals surface area contributed by atoms with Gasteiger partial charge in [0.1, 0.15) is 0 Å². The van der Waals surface area contributed by atoms with Crippen molar-refractivity contribution in [3.05, 3.63) is 45.5 Å². The zero-order chi connectivity index (χ0) is 21.1. The van der Waals surface area contributed by atoms with Gasteiger partial charge in [-0.1, -0.05) is 0 Å². The number of ether oxygens (including phenoxy) is 1. The standard InChI is InChI=1S/C22H27N5O2S/c1-4-29-11-5-9-23-21(28)18-13-25-27(20(18)16-6-7-16)22-24-10-8-19(26-22)17-12-14(2)30-15(17)3/h8,10,12-13,16H,4-7,9,11H2,1-3H3,(H,23,28). The van der Waals surface area contributed by atoms with Crippen LogP contribution in [0.5, 0.6) is 0 Å². The molecule has 0 spiro atoms. The number of thiophene rings is 1. The van der Waals surface area contributed by atoms with E-state index in [2.05, 4.69) is 35.3 Å². The molecule has 4 rings (SSSR count). The van der Waals surface area contributed by atoms with Crippen molar-refractivity contribution in [1.29, 1.82) is 0 Å². The molecule has 7 nitrogen and oxygen atoms in total. The summed E-state index contributed by atoms with van der Waals surface area (Å²) in [5.74, 6) is 0.738. The van der Waals surface area contributed by atoms with Gasteiger partial charge in [-0.15, -0.1) is 11.3 Å². The number of hydrogen-bond donors (Lipinski definition) is 1. The van der Waals surface area contributed by atoms with Crippen LogP contribution in [0.15, 0.2) is 24.5 Å². The molecule has 30 heavy (non-hydrogen) atoms. The van der Waals surface area contributed by atoms with E-state index in [1.807, 2.05) is 13.0 Å². The number of aryl methyl sites for hydroxylation is 2. The second kappa shape index (κ2) is 9.06. The molecule has 1 aliphatic rings. The number of aromatic nitrogens is 4. The minimum absolute atomic E-state index is 0.0971. The number of carbonyl (C=O) groups excluding carboxylic acids is 1. The molecule has 1 saturated carbocycles. The summed E-state index contributed by atoms with van der Waals surface area (Å²) in [5, 5.41) is 7.48. The fraction of sp³-hybridized carbons (Fsp3) is 0.455. The Hall–Kier alpha value is -2.58. The van der Waals surface area contributed by atoms with Crippen molar-refractivity contribution in [2.45, 2.75) is 46.0 Å². The van der Waals surface area contributed by atoms with Gasteiger partial charge in [-0.05, 0) is 52.2 Å². The van der Waals surface area contributed by atoms with Crippen molar-refractivity contribution in [3.63, 3.8) is 0 Å². The Morgan fingerprint density at radius 1 is 1.37 bits per heavy atom. The molecule has 0 saturated heterocycles. The van der Waals surface area contributed by atoms with E-state index < -0.39 is 0 Å². The number of rotatable bonds is 9. The van der Waals surface area contributed by atoms with E-state index in [4.69, 9.17) is 9.72 Å². The maximum Gasteiger partial charge on any atom is 0.254 e. The normalized spacial score (nSPS) is 13.6. The summed E-state index contributed by atoms with van der Waals surface area (Å²) < 4.78 is 7.07. The van der Waals surface area contributed by atoms with Gasteiger partial charge in [-0.3, -0.25) is 4.79 Å². The summed E-state index contributed by atoms with van der Waals surface area (Å²) in [6.45, 7) is 8.08. The molecule has 0 unspecified atom stereocenters. The highest BCUT2D eigenvalue weighted by atomic mass is 32.1. The first-order chi connectivity index (χ1) is 14.6. The topological polar surface area (TPSA) is 81.9 Å². The van der Waals surface area contributed by atoms with Crippen LogP contribution in [-0.4, -0.2) is 45.4 Å². The molecule has 0 radical (unpaired) electrons. The highest BCUT2D eigenvalue weighted by Crippen LogP contribution is 2.42. The Morgan fingerprint density at radius 3 is 2.90 bits per heavy atom. The van der Waals surface area contributed by atoms with Crippen molar-refractivity contribution in [1.82, 2.24) is 25.1 Å². The number of nitrogens with one attached hydrogen (secondary N) is 1. The molecule has 3 heterocycles. The molecule has 3 aromatic heterocycles. The third-order valence-electron chi connectivity index (χ3n) is 5.12. The van der Waals surface area contributed by atoms with Gasteiger partial charge in [-0.25, -0.2) is 14.6 Å². The Bertz CT molecular complexity index is 1040. The molecule has 1 aliphatic carbocycles. The van der Waals surface area contributed by atoms with Crippen LogP contribution in [0.1, 0.15) is 57.9 Å². The van der Waals surface area contributed by atoms with Crippen LogP contribution in [0.4, 0.5) is 0 Å². The van der Waals surface area contributed by atoms with Crippen molar-refractivity contribution < 1.29 is 9.53 Å². The first-order valence-electron chi connectivity index (χ1n) is 10.4. The Kier molecular flexibility index (Phi) is 6.24. The van der Waals surface area contributed by atoms with E-state index in [1.165, 1.54) is 9.75 Å². The number of amides is 1. The Morgan fingerprint density at radius 2 is 2.20 bits per heavy atom.